The zero-order chi connectivity index (χ0) is 13.3. The maximum atomic E-state index is 13.5. The van der Waals surface area contributed by atoms with Crippen LogP contribution in [-0.4, -0.2) is 4.98 Å². The van der Waals surface area contributed by atoms with E-state index >= 15 is 0 Å². The molecule has 0 saturated carbocycles. The normalized spacial score (nSPS) is 10.4. The Kier molecular flexibility index (Phi) is 3.50. The minimum Gasteiger partial charge on any atom is -0.450 e. The molecular formula is C11H8F2IN3O. The first-order valence-electron chi connectivity index (χ1n) is 4.81. The van der Waals surface area contributed by atoms with Gasteiger partial charge in [-0.1, -0.05) is 0 Å². The molecule has 1 heterocycles. The Balaban J connectivity index is 2.43. The topological polar surface area (TPSA) is 74.2 Å². The maximum absolute atomic E-state index is 13.5. The Morgan fingerprint density at radius 2 is 1.78 bits per heavy atom. The molecule has 94 valence electrons. The van der Waals surface area contributed by atoms with Crippen LogP contribution in [0, 0.1) is 15.2 Å². The van der Waals surface area contributed by atoms with E-state index in [-0.39, 0.29) is 17.3 Å². The second kappa shape index (κ2) is 4.92. The van der Waals surface area contributed by atoms with Crippen LogP contribution in [0.3, 0.4) is 0 Å². The van der Waals surface area contributed by atoms with Crippen LogP contribution in [0.4, 0.5) is 20.3 Å². The van der Waals surface area contributed by atoms with Crippen molar-refractivity contribution in [3.8, 4) is 11.5 Å². The Morgan fingerprint density at radius 1 is 1.17 bits per heavy atom. The van der Waals surface area contributed by atoms with Crippen molar-refractivity contribution in [2.75, 3.05) is 11.5 Å². The van der Waals surface area contributed by atoms with Crippen LogP contribution in [0.25, 0.3) is 0 Å². The summed E-state index contributed by atoms with van der Waals surface area (Å²) in [4.78, 5) is 3.82. The summed E-state index contributed by atoms with van der Waals surface area (Å²) in [7, 11) is 0. The lowest BCUT2D eigenvalue weighted by molar-refractivity contribution is 0.405. The maximum Gasteiger partial charge on any atom is 0.198 e. The Bertz CT molecular complexity index is 584. The van der Waals surface area contributed by atoms with E-state index in [9.17, 15) is 8.78 Å². The van der Waals surface area contributed by atoms with Crippen molar-refractivity contribution in [1.82, 2.24) is 4.98 Å². The molecule has 2 rings (SSSR count). The molecule has 0 amide bonds. The summed E-state index contributed by atoms with van der Waals surface area (Å²) in [6.45, 7) is 0. The van der Waals surface area contributed by atoms with Crippen molar-refractivity contribution >= 4 is 34.1 Å². The van der Waals surface area contributed by atoms with E-state index < -0.39 is 17.4 Å². The number of nitrogens with zero attached hydrogens (tertiary/aromatic N) is 1. The van der Waals surface area contributed by atoms with E-state index in [0.29, 0.717) is 3.57 Å². The molecule has 0 unspecified atom stereocenters. The van der Waals surface area contributed by atoms with Crippen molar-refractivity contribution in [3.63, 3.8) is 0 Å². The predicted molar refractivity (Wildman–Crippen MR) is 72.2 cm³/mol. The number of benzene rings is 1. The summed E-state index contributed by atoms with van der Waals surface area (Å²) >= 11 is 1.88. The van der Waals surface area contributed by atoms with Crippen LogP contribution in [0.5, 0.6) is 11.5 Å². The molecule has 4 nitrogen and oxygen atoms in total. The molecule has 0 bridgehead atoms. The highest BCUT2D eigenvalue weighted by atomic mass is 127. The number of nitrogens with two attached hydrogens (primary N) is 2. The lowest BCUT2D eigenvalue weighted by Gasteiger charge is -2.10. The number of pyridine rings is 1. The van der Waals surface area contributed by atoms with Gasteiger partial charge in [0.25, 0.3) is 0 Å². The van der Waals surface area contributed by atoms with Gasteiger partial charge in [-0.3, -0.25) is 0 Å². The van der Waals surface area contributed by atoms with Crippen LogP contribution in [0.1, 0.15) is 0 Å². The van der Waals surface area contributed by atoms with Gasteiger partial charge in [-0.05, 0) is 22.6 Å². The second-order valence-corrected chi connectivity index (χ2v) is 4.50. The van der Waals surface area contributed by atoms with Gasteiger partial charge in [-0.2, -0.15) is 0 Å². The first kappa shape index (κ1) is 12.8. The fraction of sp³-hybridized carbons (Fsp3) is 0. The summed E-state index contributed by atoms with van der Waals surface area (Å²) in [5.74, 6) is -1.82. The van der Waals surface area contributed by atoms with Crippen LogP contribution >= 0.6 is 22.6 Å². The third-order valence-corrected chi connectivity index (χ3v) is 3.20. The average Bonchev–Trinajstić information content (AvgIpc) is 2.28. The van der Waals surface area contributed by atoms with Gasteiger partial charge >= 0.3 is 0 Å². The van der Waals surface area contributed by atoms with Crippen molar-refractivity contribution in [1.29, 1.82) is 0 Å². The van der Waals surface area contributed by atoms with Gasteiger partial charge < -0.3 is 16.2 Å². The molecule has 1 aromatic carbocycles. The van der Waals surface area contributed by atoms with Crippen LogP contribution in [-0.2, 0) is 0 Å². The van der Waals surface area contributed by atoms with E-state index in [0.717, 1.165) is 12.1 Å². The van der Waals surface area contributed by atoms with E-state index in [4.69, 9.17) is 16.2 Å². The lowest BCUT2D eigenvalue weighted by atomic mass is 10.3. The van der Waals surface area contributed by atoms with Crippen LogP contribution in [0.2, 0.25) is 0 Å². The molecule has 1 aromatic heterocycles. The fourth-order valence-electron chi connectivity index (χ4n) is 1.31. The molecule has 0 atom stereocenters. The molecule has 0 spiro atoms. The minimum atomic E-state index is -0.876. The third-order valence-electron chi connectivity index (χ3n) is 2.11. The van der Waals surface area contributed by atoms with Crippen molar-refractivity contribution in [2.24, 2.45) is 0 Å². The zero-order valence-electron chi connectivity index (χ0n) is 8.95. The van der Waals surface area contributed by atoms with Crippen molar-refractivity contribution < 1.29 is 13.5 Å². The van der Waals surface area contributed by atoms with Crippen molar-refractivity contribution in [2.45, 2.75) is 0 Å². The molecule has 0 aliphatic carbocycles. The fourth-order valence-corrected chi connectivity index (χ4v) is 1.74. The highest BCUT2D eigenvalue weighted by Crippen LogP contribution is 2.33. The SMILES string of the molecule is Nc1cc(F)c(Oc2ccnc(N)c2I)c(F)c1. The smallest absolute Gasteiger partial charge is 0.198 e. The average molecular weight is 363 g/mol. The highest BCUT2D eigenvalue weighted by molar-refractivity contribution is 14.1. The highest BCUT2D eigenvalue weighted by Gasteiger charge is 2.15. The Labute approximate surface area is 115 Å². The Morgan fingerprint density at radius 3 is 2.39 bits per heavy atom. The number of anilines is 2. The van der Waals surface area contributed by atoms with E-state index in [2.05, 4.69) is 4.98 Å². The van der Waals surface area contributed by atoms with Gasteiger partial charge in [-0.25, -0.2) is 13.8 Å². The molecule has 4 N–H and O–H groups in total. The van der Waals surface area contributed by atoms with Gasteiger partial charge in [-0.15, -0.1) is 0 Å². The molecular weight excluding hydrogens is 355 g/mol. The first-order valence-corrected chi connectivity index (χ1v) is 5.89. The van der Waals surface area contributed by atoms with Crippen molar-refractivity contribution in [3.05, 3.63) is 39.6 Å². The van der Waals surface area contributed by atoms with Gasteiger partial charge in [0.1, 0.15) is 11.6 Å². The van der Waals surface area contributed by atoms with Gasteiger partial charge in [0, 0.05) is 30.1 Å². The van der Waals surface area contributed by atoms with E-state index in [1.807, 2.05) is 22.6 Å². The zero-order valence-corrected chi connectivity index (χ0v) is 11.1. The second-order valence-electron chi connectivity index (χ2n) is 3.42. The molecule has 2 aromatic rings. The summed E-state index contributed by atoms with van der Waals surface area (Å²) < 4.78 is 32.7. The third kappa shape index (κ3) is 2.45. The summed E-state index contributed by atoms with van der Waals surface area (Å²) in [6, 6.07) is 3.43. The molecule has 0 aliphatic rings. The molecule has 18 heavy (non-hydrogen) atoms. The quantitative estimate of drug-likeness (QED) is 0.636. The number of hydrogen-bond acceptors (Lipinski definition) is 4. The lowest BCUT2D eigenvalue weighted by Crippen LogP contribution is -1.99. The van der Waals surface area contributed by atoms with Crippen LogP contribution < -0.4 is 16.2 Å². The van der Waals surface area contributed by atoms with E-state index in [1.165, 1.54) is 12.3 Å². The number of ether oxygens (including phenoxy) is 1. The first-order chi connectivity index (χ1) is 8.49. The van der Waals surface area contributed by atoms with Gasteiger partial charge in [0.2, 0.25) is 0 Å². The molecule has 7 heteroatoms. The molecule has 0 saturated heterocycles. The van der Waals surface area contributed by atoms with Gasteiger partial charge in [0.05, 0.1) is 3.57 Å². The minimum absolute atomic E-state index is 0.0127. The monoisotopic (exact) mass is 363 g/mol. The molecule has 0 radical (unpaired) electrons. The molecule has 0 aliphatic heterocycles. The van der Waals surface area contributed by atoms with Gasteiger partial charge in [0.15, 0.2) is 17.4 Å². The number of nitrogen functional groups attached to an aromatic ring is 2. The molecule has 0 fully saturated rings. The summed E-state index contributed by atoms with van der Waals surface area (Å²) in [5.41, 5.74) is 10.9. The van der Waals surface area contributed by atoms with E-state index in [1.54, 1.807) is 0 Å². The largest absolute Gasteiger partial charge is 0.450 e. The summed E-state index contributed by atoms with van der Waals surface area (Å²) in [6.07, 6.45) is 1.39. The number of rotatable bonds is 2. The standard InChI is InChI=1S/C11H8F2IN3O/c12-6-3-5(15)4-7(13)10(6)18-8-1-2-17-11(16)9(8)14/h1-4H,15H2,(H2,16,17). The van der Waals surface area contributed by atoms with Crippen LogP contribution in [0.15, 0.2) is 24.4 Å². The number of halogens is 3. The Hall–Kier alpha value is -1.64. The summed E-state index contributed by atoms with van der Waals surface area (Å²) in [5, 5.41) is 0. The number of hydrogen-bond donors (Lipinski definition) is 2. The predicted octanol–water partition coefficient (Wildman–Crippen LogP) is 2.92. The number of aromatic nitrogens is 1.